The van der Waals surface area contributed by atoms with Gasteiger partial charge in [-0.15, -0.1) is 0 Å². The van der Waals surface area contributed by atoms with Gasteiger partial charge in [0.05, 0.1) is 4.75 Å². The molecule has 1 saturated carbocycles. The summed E-state index contributed by atoms with van der Waals surface area (Å²) in [6.07, 6.45) is 6.72. The minimum absolute atomic E-state index is 0.593. The molecule has 0 radical (unpaired) electrons. The number of hydrogen-bond acceptors (Lipinski definition) is 3. The van der Waals surface area contributed by atoms with Crippen molar-refractivity contribution in [2.75, 3.05) is 10.0 Å². The highest BCUT2D eigenvalue weighted by Gasteiger charge is 2.28. The molecule has 28 heavy (non-hydrogen) atoms. The van der Waals surface area contributed by atoms with Gasteiger partial charge in [-0.25, -0.2) is 8.42 Å². The molecule has 2 aromatic carbocycles. The Bertz CT molecular complexity index is 860. The molecule has 1 aliphatic rings. The van der Waals surface area contributed by atoms with Gasteiger partial charge in [0.25, 0.3) is 0 Å². The van der Waals surface area contributed by atoms with Gasteiger partial charge >= 0.3 is 0 Å². The van der Waals surface area contributed by atoms with Crippen molar-refractivity contribution >= 4 is 21.4 Å². The Balaban J connectivity index is 1.55. The summed E-state index contributed by atoms with van der Waals surface area (Å²) in [6, 6.07) is 16.4. The Morgan fingerprint density at radius 1 is 0.857 bits per heavy atom. The van der Waals surface area contributed by atoms with E-state index in [9.17, 15) is 8.42 Å². The predicted octanol–water partition coefficient (Wildman–Crippen LogP) is 5.89. The van der Waals surface area contributed by atoms with Crippen LogP contribution in [0.1, 0.15) is 69.9 Å². The molecule has 2 N–H and O–H groups in total. The summed E-state index contributed by atoms with van der Waals surface area (Å²) in [6.45, 7) is 5.77. The standard InChI is InChI=1S/C23H32N2O2S/c1-23(2,3)28(26,27)25-22-13-9-18(10-14-22)17-24-21-15-11-20(12-16-21)19-7-5-4-6-8-19/h9-16,19,24-25H,4-8,17H2,1-3H3. The first kappa shape index (κ1) is 20.7. The quantitative estimate of drug-likeness (QED) is 0.636. The van der Waals surface area contributed by atoms with E-state index < -0.39 is 14.8 Å². The fourth-order valence-corrected chi connectivity index (χ4v) is 4.26. The second-order valence-electron chi connectivity index (χ2n) is 8.73. The largest absolute Gasteiger partial charge is 0.381 e. The topological polar surface area (TPSA) is 58.2 Å². The summed E-state index contributed by atoms with van der Waals surface area (Å²) < 4.78 is 26.3. The molecule has 0 bridgehead atoms. The van der Waals surface area contributed by atoms with Crippen LogP contribution in [0.25, 0.3) is 0 Å². The highest BCUT2D eigenvalue weighted by molar-refractivity contribution is 7.94. The Morgan fingerprint density at radius 2 is 1.43 bits per heavy atom. The third-order valence-corrected chi connectivity index (χ3v) is 7.61. The summed E-state index contributed by atoms with van der Waals surface area (Å²) in [5.74, 6) is 0.729. The van der Waals surface area contributed by atoms with E-state index in [2.05, 4.69) is 34.3 Å². The zero-order chi connectivity index (χ0) is 20.2. The highest BCUT2D eigenvalue weighted by atomic mass is 32.2. The maximum Gasteiger partial charge on any atom is 0.237 e. The van der Waals surface area contributed by atoms with Gasteiger partial charge in [-0.1, -0.05) is 43.5 Å². The molecule has 1 fully saturated rings. The van der Waals surface area contributed by atoms with Crippen LogP contribution in [0.4, 0.5) is 11.4 Å². The van der Waals surface area contributed by atoms with Crippen LogP contribution in [-0.2, 0) is 16.6 Å². The number of anilines is 2. The number of rotatable bonds is 6. The lowest BCUT2D eigenvalue weighted by atomic mass is 9.84. The number of sulfonamides is 1. The monoisotopic (exact) mass is 400 g/mol. The molecule has 2 aromatic rings. The van der Waals surface area contributed by atoms with Gasteiger partial charge in [0, 0.05) is 17.9 Å². The molecule has 4 nitrogen and oxygen atoms in total. The van der Waals surface area contributed by atoms with Crippen LogP contribution < -0.4 is 10.0 Å². The van der Waals surface area contributed by atoms with Crippen LogP contribution in [0.3, 0.4) is 0 Å². The lowest BCUT2D eigenvalue weighted by Crippen LogP contribution is -2.33. The normalized spacial score (nSPS) is 16.0. The molecule has 1 aliphatic carbocycles. The van der Waals surface area contributed by atoms with E-state index >= 15 is 0 Å². The van der Waals surface area contributed by atoms with Crippen LogP contribution in [0.2, 0.25) is 0 Å². The van der Waals surface area contributed by atoms with E-state index in [1.807, 2.05) is 24.3 Å². The molecule has 3 rings (SSSR count). The molecular formula is C23H32N2O2S. The van der Waals surface area contributed by atoms with Gasteiger partial charge in [-0.05, 0) is 74.9 Å². The summed E-state index contributed by atoms with van der Waals surface area (Å²) in [4.78, 5) is 0. The lowest BCUT2D eigenvalue weighted by Gasteiger charge is -2.22. The number of nitrogens with one attached hydrogen (secondary N) is 2. The molecule has 0 atom stereocenters. The van der Waals surface area contributed by atoms with Crippen LogP contribution in [0.15, 0.2) is 48.5 Å². The van der Waals surface area contributed by atoms with E-state index in [0.29, 0.717) is 12.2 Å². The summed E-state index contributed by atoms with van der Waals surface area (Å²) in [5.41, 5.74) is 4.27. The highest BCUT2D eigenvalue weighted by Crippen LogP contribution is 2.33. The first-order chi connectivity index (χ1) is 13.2. The van der Waals surface area contributed by atoms with Crippen molar-refractivity contribution in [3.8, 4) is 0 Å². The van der Waals surface area contributed by atoms with Gasteiger partial charge in [0.2, 0.25) is 10.0 Å². The predicted molar refractivity (Wildman–Crippen MR) is 118 cm³/mol. The van der Waals surface area contributed by atoms with Crippen molar-refractivity contribution in [1.29, 1.82) is 0 Å². The van der Waals surface area contributed by atoms with Gasteiger partial charge in [0.1, 0.15) is 0 Å². The van der Waals surface area contributed by atoms with E-state index in [4.69, 9.17) is 0 Å². The molecule has 0 unspecified atom stereocenters. The van der Waals surface area contributed by atoms with Gasteiger partial charge < -0.3 is 5.32 Å². The Labute approximate surface area is 169 Å². The average Bonchev–Trinajstić information content (AvgIpc) is 2.67. The lowest BCUT2D eigenvalue weighted by molar-refractivity contribution is 0.443. The molecule has 0 saturated heterocycles. The van der Waals surface area contributed by atoms with Crippen molar-refractivity contribution < 1.29 is 8.42 Å². The summed E-state index contributed by atoms with van der Waals surface area (Å²) >= 11 is 0. The smallest absolute Gasteiger partial charge is 0.237 e. The fraction of sp³-hybridized carbons (Fsp3) is 0.478. The Morgan fingerprint density at radius 3 is 2.00 bits per heavy atom. The molecule has 0 aliphatic heterocycles. The molecule has 0 spiro atoms. The van der Waals surface area contributed by atoms with E-state index in [1.165, 1.54) is 37.7 Å². The van der Waals surface area contributed by atoms with Crippen LogP contribution in [-0.4, -0.2) is 13.2 Å². The molecule has 152 valence electrons. The Kier molecular flexibility index (Phi) is 6.33. The first-order valence-electron chi connectivity index (χ1n) is 10.2. The SMILES string of the molecule is CC(C)(C)S(=O)(=O)Nc1ccc(CNc2ccc(C3CCCCC3)cc2)cc1. The van der Waals surface area contributed by atoms with E-state index in [1.54, 1.807) is 20.8 Å². The van der Waals surface area contributed by atoms with Gasteiger partial charge in [-0.2, -0.15) is 0 Å². The average molecular weight is 401 g/mol. The Hall–Kier alpha value is -2.01. The minimum atomic E-state index is -3.40. The van der Waals surface area contributed by atoms with Crippen molar-refractivity contribution in [3.05, 3.63) is 59.7 Å². The van der Waals surface area contributed by atoms with Crippen molar-refractivity contribution in [1.82, 2.24) is 0 Å². The molecular weight excluding hydrogens is 368 g/mol. The second kappa shape index (κ2) is 8.56. The van der Waals surface area contributed by atoms with Crippen molar-refractivity contribution in [2.45, 2.75) is 70.1 Å². The fourth-order valence-electron chi connectivity index (χ4n) is 3.51. The second-order valence-corrected chi connectivity index (χ2v) is 11.2. The van der Waals surface area contributed by atoms with Crippen LogP contribution >= 0.6 is 0 Å². The molecule has 0 aromatic heterocycles. The zero-order valence-electron chi connectivity index (χ0n) is 17.2. The summed E-state index contributed by atoms with van der Waals surface area (Å²) in [7, 11) is -3.40. The summed E-state index contributed by atoms with van der Waals surface area (Å²) in [5, 5.41) is 3.44. The molecule has 0 amide bonds. The molecule has 5 heteroatoms. The van der Waals surface area contributed by atoms with Gasteiger partial charge in [0.15, 0.2) is 0 Å². The van der Waals surface area contributed by atoms with Crippen molar-refractivity contribution in [3.63, 3.8) is 0 Å². The maximum absolute atomic E-state index is 12.2. The van der Waals surface area contributed by atoms with Crippen molar-refractivity contribution in [2.24, 2.45) is 0 Å². The van der Waals surface area contributed by atoms with Crippen LogP contribution in [0.5, 0.6) is 0 Å². The first-order valence-corrected chi connectivity index (χ1v) is 11.7. The third-order valence-electron chi connectivity index (χ3n) is 5.50. The maximum atomic E-state index is 12.2. The molecule has 0 heterocycles. The number of benzene rings is 2. The minimum Gasteiger partial charge on any atom is -0.381 e. The number of hydrogen-bond donors (Lipinski definition) is 2. The van der Waals surface area contributed by atoms with E-state index in [0.717, 1.165) is 17.2 Å². The van der Waals surface area contributed by atoms with Gasteiger partial charge in [-0.3, -0.25) is 4.72 Å². The third kappa shape index (κ3) is 5.28. The van der Waals surface area contributed by atoms with Crippen LogP contribution in [0, 0.1) is 0 Å². The van der Waals surface area contributed by atoms with E-state index in [-0.39, 0.29) is 0 Å². The zero-order valence-corrected chi connectivity index (χ0v) is 18.0.